The van der Waals surface area contributed by atoms with Gasteiger partial charge in [0.15, 0.2) is 0 Å². The Morgan fingerprint density at radius 3 is 1.74 bits per heavy atom. The lowest BCUT2D eigenvalue weighted by Crippen LogP contribution is -2.15. The highest BCUT2D eigenvalue weighted by Gasteiger charge is 2.36. The third-order valence-corrected chi connectivity index (χ3v) is 11.0. The van der Waals surface area contributed by atoms with Crippen LogP contribution >= 0.6 is 0 Å². The first-order chi connectivity index (χ1) is 24.5. The topological polar surface area (TPSA) is 4.93 Å². The lowest BCUT2D eigenvalue weighted by molar-refractivity contribution is 0.660. The van der Waals surface area contributed by atoms with Gasteiger partial charge in [-0.05, 0) is 102 Å². The zero-order valence-electron chi connectivity index (χ0n) is 28.2. The molecular formula is C49H35N. The Balaban J connectivity index is 1.17. The molecule has 0 aliphatic heterocycles. The van der Waals surface area contributed by atoms with E-state index >= 15 is 0 Å². The van der Waals surface area contributed by atoms with Crippen LogP contribution in [-0.4, -0.2) is 4.57 Å². The van der Waals surface area contributed by atoms with Crippen molar-refractivity contribution in [3.8, 4) is 50.2 Å². The van der Waals surface area contributed by atoms with Crippen molar-refractivity contribution in [3.05, 3.63) is 187 Å². The van der Waals surface area contributed by atoms with Gasteiger partial charge in [0.05, 0.1) is 5.52 Å². The summed E-state index contributed by atoms with van der Waals surface area (Å²) in [5, 5.41) is 6.31. The van der Waals surface area contributed by atoms with E-state index in [1.165, 1.54) is 93.8 Å². The second-order valence-corrected chi connectivity index (χ2v) is 14.2. The van der Waals surface area contributed by atoms with Crippen LogP contribution in [-0.2, 0) is 5.41 Å². The molecule has 1 heteroatoms. The summed E-state index contributed by atoms with van der Waals surface area (Å²) in [7, 11) is 0. The van der Waals surface area contributed by atoms with E-state index in [2.05, 4.69) is 194 Å². The van der Waals surface area contributed by atoms with E-state index in [9.17, 15) is 0 Å². The Morgan fingerprint density at radius 2 is 0.980 bits per heavy atom. The predicted molar refractivity (Wildman–Crippen MR) is 212 cm³/mol. The molecule has 0 saturated heterocycles. The molecule has 9 aromatic rings. The molecule has 1 aliphatic carbocycles. The van der Waals surface area contributed by atoms with Gasteiger partial charge in [0.2, 0.25) is 0 Å². The fourth-order valence-electron chi connectivity index (χ4n) is 8.45. The van der Waals surface area contributed by atoms with Crippen LogP contribution in [0.25, 0.3) is 82.6 Å². The molecule has 0 unspecified atom stereocenters. The summed E-state index contributed by atoms with van der Waals surface area (Å²) in [5.74, 6) is 0. The van der Waals surface area contributed by atoms with Crippen molar-refractivity contribution in [1.82, 2.24) is 4.57 Å². The number of hydrogen-bond acceptors (Lipinski definition) is 0. The van der Waals surface area contributed by atoms with Crippen LogP contribution in [0.5, 0.6) is 0 Å². The molecule has 50 heavy (non-hydrogen) atoms. The highest BCUT2D eigenvalue weighted by atomic mass is 15.0. The van der Waals surface area contributed by atoms with Crippen LogP contribution in [0.3, 0.4) is 0 Å². The highest BCUT2D eigenvalue weighted by Crippen LogP contribution is 2.50. The van der Waals surface area contributed by atoms with E-state index in [1.54, 1.807) is 0 Å². The standard InChI is InChI=1S/C49H35N/c1-49(2)46-29-35(32-12-4-3-5-13-32)22-25-42(46)43-26-24-37(30-47(43)49)50-31-45(41-21-11-17-34-15-7-9-19-39(34)41)44-28-36(23-27-48(44)50)40-20-10-16-33-14-6-8-18-38(33)40/h3-31H,1-2H3. The maximum Gasteiger partial charge on any atom is 0.0535 e. The number of fused-ring (bicyclic) bond motifs is 6. The molecule has 236 valence electrons. The summed E-state index contributed by atoms with van der Waals surface area (Å²) in [5.41, 5.74) is 15.2. The van der Waals surface area contributed by atoms with E-state index in [1.807, 2.05) is 0 Å². The molecule has 0 spiro atoms. The van der Waals surface area contributed by atoms with Gasteiger partial charge in [-0.2, -0.15) is 0 Å². The number of nitrogens with zero attached hydrogens (tertiary/aromatic N) is 1. The lowest BCUT2D eigenvalue weighted by Gasteiger charge is -2.23. The molecule has 10 rings (SSSR count). The number of rotatable bonds is 4. The zero-order valence-corrected chi connectivity index (χ0v) is 28.2. The van der Waals surface area contributed by atoms with Crippen LogP contribution < -0.4 is 0 Å². The second-order valence-electron chi connectivity index (χ2n) is 14.2. The molecular weight excluding hydrogens is 603 g/mol. The van der Waals surface area contributed by atoms with Gasteiger partial charge in [0.25, 0.3) is 0 Å². The average Bonchev–Trinajstić information content (AvgIpc) is 3.66. The SMILES string of the molecule is CC1(C)c2cc(-c3ccccc3)ccc2-c2ccc(-n3cc(-c4cccc5ccccc45)c4cc(-c5cccc6ccccc56)ccc43)cc21. The summed E-state index contributed by atoms with van der Waals surface area (Å²) >= 11 is 0. The van der Waals surface area contributed by atoms with Gasteiger partial charge in [0, 0.05) is 28.2 Å². The molecule has 0 saturated carbocycles. The number of hydrogen-bond donors (Lipinski definition) is 0. The molecule has 1 nitrogen and oxygen atoms in total. The van der Waals surface area contributed by atoms with Crippen molar-refractivity contribution in [3.63, 3.8) is 0 Å². The quantitative estimate of drug-likeness (QED) is 0.181. The van der Waals surface area contributed by atoms with E-state index in [-0.39, 0.29) is 5.41 Å². The van der Waals surface area contributed by atoms with Crippen molar-refractivity contribution in [2.75, 3.05) is 0 Å². The van der Waals surface area contributed by atoms with Crippen molar-refractivity contribution < 1.29 is 0 Å². The Morgan fingerprint density at radius 1 is 0.380 bits per heavy atom. The van der Waals surface area contributed by atoms with Gasteiger partial charge in [-0.15, -0.1) is 0 Å². The molecule has 0 atom stereocenters. The molecule has 1 aliphatic rings. The number of aromatic nitrogens is 1. The minimum atomic E-state index is -0.131. The first-order valence-electron chi connectivity index (χ1n) is 17.5. The minimum Gasteiger partial charge on any atom is -0.316 e. The van der Waals surface area contributed by atoms with Gasteiger partial charge >= 0.3 is 0 Å². The third kappa shape index (κ3) is 4.33. The normalized spacial score (nSPS) is 13.2. The van der Waals surface area contributed by atoms with E-state index in [0.717, 1.165) is 0 Å². The van der Waals surface area contributed by atoms with Crippen molar-refractivity contribution in [1.29, 1.82) is 0 Å². The van der Waals surface area contributed by atoms with Crippen LogP contribution in [0.15, 0.2) is 176 Å². The van der Waals surface area contributed by atoms with Gasteiger partial charge in [-0.3, -0.25) is 0 Å². The molecule has 0 amide bonds. The molecule has 1 aromatic heterocycles. The van der Waals surface area contributed by atoms with Crippen LogP contribution in [0.1, 0.15) is 25.0 Å². The summed E-state index contributed by atoms with van der Waals surface area (Å²) in [6.45, 7) is 4.75. The van der Waals surface area contributed by atoms with Crippen LogP contribution in [0.2, 0.25) is 0 Å². The summed E-state index contributed by atoms with van der Waals surface area (Å²) in [6, 6.07) is 62.6. The largest absolute Gasteiger partial charge is 0.316 e. The summed E-state index contributed by atoms with van der Waals surface area (Å²) < 4.78 is 2.41. The zero-order chi connectivity index (χ0) is 33.4. The van der Waals surface area contributed by atoms with Crippen molar-refractivity contribution >= 4 is 32.4 Å². The third-order valence-electron chi connectivity index (χ3n) is 11.0. The smallest absolute Gasteiger partial charge is 0.0535 e. The molecule has 0 N–H and O–H groups in total. The van der Waals surface area contributed by atoms with Crippen LogP contribution in [0, 0.1) is 0 Å². The highest BCUT2D eigenvalue weighted by molar-refractivity contribution is 6.08. The fourth-order valence-corrected chi connectivity index (χ4v) is 8.45. The average molecular weight is 638 g/mol. The molecule has 0 bridgehead atoms. The maximum atomic E-state index is 2.43. The van der Waals surface area contributed by atoms with Crippen molar-refractivity contribution in [2.45, 2.75) is 19.3 Å². The maximum absolute atomic E-state index is 2.43. The molecule has 0 radical (unpaired) electrons. The second kappa shape index (κ2) is 10.9. The first kappa shape index (κ1) is 28.8. The molecule has 1 heterocycles. The van der Waals surface area contributed by atoms with Crippen molar-refractivity contribution in [2.24, 2.45) is 0 Å². The number of benzene rings is 8. The fraction of sp³-hybridized carbons (Fsp3) is 0.0612. The predicted octanol–water partition coefficient (Wildman–Crippen LogP) is 13.2. The Hall–Kier alpha value is -6.18. The first-order valence-corrected chi connectivity index (χ1v) is 17.5. The molecule has 0 fully saturated rings. The summed E-state index contributed by atoms with van der Waals surface area (Å²) in [6.07, 6.45) is 2.36. The van der Waals surface area contributed by atoms with Gasteiger partial charge in [-0.25, -0.2) is 0 Å². The summed E-state index contributed by atoms with van der Waals surface area (Å²) in [4.78, 5) is 0. The van der Waals surface area contributed by atoms with E-state index in [4.69, 9.17) is 0 Å². The Labute approximate surface area is 292 Å². The Kier molecular flexibility index (Phi) is 6.29. The van der Waals surface area contributed by atoms with Gasteiger partial charge in [0.1, 0.15) is 0 Å². The Bertz CT molecular complexity index is 2770. The minimum absolute atomic E-state index is 0.131. The van der Waals surface area contributed by atoms with Gasteiger partial charge in [-0.1, -0.05) is 153 Å². The lowest BCUT2D eigenvalue weighted by atomic mass is 9.81. The van der Waals surface area contributed by atoms with E-state index in [0.29, 0.717) is 0 Å². The van der Waals surface area contributed by atoms with Crippen LogP contribution in [0.4, 0.5) is 0 Å². The van der Waals surface area contributed by atoms with E-state index < -0.39 is 0 Å². The monoisotopic (exact) mass is 637 g/mol. The molecule has 8 aromatic carbocycles. The van der Waals surface area contributed by atoms with Gasteiger partial charge < -0.3 is 4.57 Å².